The first-order valence-electron chi connectivity index (χ1n) is 7.41. The van der Waals surface area contributed by atoms with E-state index < -0.39 is 5.82 Å². The summed E-state index contributed by atoms with van der Waals surface area (Å²) in [5, 5.41) is 6.39. The molecular weight excluding hydrogens is 325 g/mol. The smallest absolute Gasteiger partial charge is 0.141 e. The molecule has 4 rings (SSSR count). The number of nitrogens with zero attached hydrogens (tertiary/aromatic N) is 1. The second-order valence-corrected chi connectivity index (χ2v) is 5.97. The third-order valence-electron chi connectivity index (χ3n) is 3.95. The highest BCUT2D eigenvalue weighted by atomic mass is 35.5. The van der Waals surface area contributed by atoms with Gasteiger partial charge in [0.1, 0.15) is 5.82 Å². The number of fused-ring (bicyclic) bond motifs is 2. The van der Waals surface area contributed by atoms with Gasteiger partial charge in [-0.2, -0.15) is 0 Å². The van der Waals surface area contributed by atoms with Crippen molar-refractivity contribution in [3.05, 3.63) is 71.6 Å². The summed E-state index contributed by atoms with van der Waals surface area (Å²) in [4.78, 5) is 4.41. The molecule has 5 heteroatoms. The summed E-state index contributed by atoms with van der Waals surface area (Å²) in [6.07, 6.45) is 1.62. The molecule has 118 valence electrons. The molecular formula is C19H13ClFN3. The second kappa shape index (κ2) is 5.65. The van der Waals surface area contributed by atoms with Crippen LogP contribution in [-0.2, 0) is 0 Å². The summed E-state index contributed by atoms with van der Waals surface area (Å²) >= 11 is 5.86. The van der Waals surface area contributed by atoms with E-state index in [-0.39, 0.29) is 5.02 Å². The lowest BCUT2D eigenvalue weighted by Crippen LogP contribution is -1.99. The minimum Gasteiger partial charge on any atom is -0.396 e. The van der Waals surface area contributed by atoms with E-state index in [9.17, 15) is 4.39 Å². The van der Waals surface area contributed by atoms with E-state index in [0.29, 0.717) is 11.4 Å². The van der Waals surface area contributed by atoms with E-state index in [2.05, 4.69) is 10.3 Å². The van der Waals surface area contributed by atoms with Crippen molar-refractivity contribution in [2.24, 2.45) is 0 Å². The summed E-state index contributed by atoms with van der Waals surface area (Å²) in [6, 6.07) is 16.6. The number of pyridine rings is 1. The molecule has 0 atom stereocenters. The second-order valence-electron chi connectivity index (χ2n) is 5.56. The van der Waals surface area contributed by atoms with Crippen LogP contribution < -0.4 is 11.1 Å². The number of anilines is 3. The van der Waals surface area contributed by atoms with Crippen molar-refractivity contribution >= 4 is 50.3 Å². The van der Waals surface area contributed by atoms with Crippen molar-refractivity contribution in [2.75, 3.05) is 11.1 Å². The van der Waals surface area contributed by atoms with Crippen molar-refractivity contribution in [1.82, 2.24) is 4.98 Å². The first kappa shape index (κ1) is 14.7. The minimum absolute atomic E-state index is 0.0578. The van der Waals surface area contributed by atoms with E-state index in [1.165, 1.54) is 12.1 Å². The van der Waals surface area contributed by atoms with Crippen LogP contribution in [0.5, 0.6) is 0 Å². The maximum atomic E-state index is 13.3. The van der Waals surface area contributed by atoms with Crippen molar-refractivity contribution in [1.29, 1.82) is 0 Å². The number of benzene rings is 3. The molecule has 0 aliphatic heterocycles. The van der Waals surface area contributed by atoms with Gasteiger partial charge in [-0.1, -0.05) is 35.9 Å². The average molecular weight is 338 g/mol. The molecule has 1 heterocycles. The van der Waals surface area contributed by atoms with Crippen LogP contribution in [0.25, 0.3) is 21.7 Å². The molecule has 3 N–H and O–H groups in total. The molecule has 0 spiro atoms. The van der Waals surface area contributed by atoms with Crippen LogP contribution in [0.3, 0.4) is 0 Å². The molecule has 4 aromatic rings. The largest absolute Gasteiger partial charge is 0.396 e. The average Bonchev–Trinajstić information content (AvgIpc) is 2.59. The maximum Gasteiger partial charge on any atom is 0.141 e. The fraction of sp³-hybridized carbons (Fsp3) is 0. The number of hydrogen-bond donors (Lipinski definition) is 2. The molecule has 0 fully saturated rings. The standard InChI is InChI=1S/C19H13ClFN3/c20-15-9-13(5-6-16(15)21)24-19-14-7-11-3-1-2-4-12(11)8-18(14)23-10-17(19)22/h1-10H,22H2,(H,23,24). The van der Waals surface area contributed by atoms with Gasteiger partial charge in [0.05, 0.1) is 28.1 Å². The Balaban J connectivity index is 1.90. The highest BCUT2D eigenvalue weighted by Crippen LogP contribution is 2.34. The van der Waals surface area contributed by atoms with Crippen molar-refractivity contribution < 1.29 is 4.39 Å². The van der Waals surface area contributed by atoms with E-state index >= 15 is 0 Å². The number of hydrogen-bond acceptors (Lipinski definition) is 3. The van der Waals surface area contributed by atoms with Gasteiger partial charge >= 0.3 is 0 Å². The molecule has 1 aromatic heterocycles. The Bertz CT molecular complexity index is 1080. The first-order chi connectivity index (χ1) is 11.6. The van der Waals surface area contributed by atoms with Crippen LogP contribution in [0.15, 0.2) is 60.8 Å². The molecule has 0 bridgehead atoms. The van der Waals surface area contributed by atoms with E-state index in [4.69, 9.17) is 17.3 Å². The fourth-order valence-electron chi connectivity index (χ4n) is 2.75. The molecule has 0 aliphatic rings. The number of aromatic nitrogens is 1. The maximum absolute atomic E-state index is 13.3. The molecule has 3 nitrogen and oxygen atoms in total. The zero-order valence-electron chi connectivity index (χ0n) is 12.6. The monoisotopic (exact) mass is 337 g/mol. The van der Waals surface area contributed by atoms with Crippen LogP contribution >= 0.6 is 11.6 Å². The molecule has 0 unspecified atom stereocenters. The van der Waals surface area contributed by atoms with E-state index in [0.717, 1.165) is 27.4 Å². The lowest BCUT2D eigenvalue weighted by atomic mass is 10.1. The molecule has 24 heavy (non-hydrogen) atoms. The summed E-state index contributed by atoms with van der Waals surface area (Å²) in [6.45, 7) is 0. The SMILES string of the molecule is Nc1cnc2cc3ccccc3cc2c1Nc1ccc(F)c(Cl)c1. The summed E-state index contributed by atoms with van der Waals surface area (Å²) < 4.78 is 13.3. The van der Waals surface area contributed by atoms with Gasteiger partial charge in [0, 0.05) is 11.1 Å². The van der Waals surface area contributed by atoms with Crippen LogP contribution in [0.2, 0.25) is 5.02 Å². The van der Waals surface area contributed by atoms with Crippen LogP contribution in [0.4, 0.5) is 21.5 Å². The van der Waals surface area contributed by atoms with Gasteiger partial charge in [-0.05, 0) is 41.1 Å². The van der Waals surface area contributed by atoms with Crippen LogP contribution in [0.1, 0.15) is 0 Å². The summed E-state index contributed by atoms with van der Waals surface area (Å²) in [5.74, 6) is -0.458. The van der Waals surface area contributed by atoms with Gasteiger partial charge < -0.3 is 11.1 Å². The van der Waals surface area contributed by atoms with Crippen molar-refractivity contribution in [2.45, 2.75) is 0 Å². The van der Waals surface area contributed by atoms with Gasteiger partial charge in [0.25, 0.3) is 0 Å². The fourth-order valence-corrected chi connectivity index (χ4v) is 2.93. The molecule has 0 saturated carbocycles. The van der Waals surface area contributed by atoms with Gasteiger partial charge in [-0.25, -0.2) is 4.39 Å². The Morgan fingerprint density at radius 2 is 1.75 bits per heavy atom. The van der Waals surface area contributed by atoms with Crippen molar-refractivity contribution in [3.8, 4) is 0 Å². The van der Waals surface area contributed by atoms with Gasteiger partial charge in [-0.3, -0.25) is 4.98 Å². The quantitative estimate of drug-likeness (QED) is 0.474. The predicted octanol–water partition coefficient (Wildman–Crippen LogP) is 5.51. The number of nitrogen functional groups attached to an aromatic ring is 1. The Morgan fingerprint density at radius 3 is 2.50 bits per heavy atom. The number of nitrogens with two attached hydrogens (primary N) is 1. The van der Waals surface area contributed by atoms with Crippen LogP contribution in [0, 0.1) is 5.82 Å². The Morgan fingerprint density at radius 1 is 1.00 bits per heavy atom. The number of nitrogens with one attached hydrogen (secondary N) is 1. The van der Waals surface area contributed by atoms with E-state index in [1.54, 1.807) is 12.3 Å². The van der Waals surface area contributed by atoms with E-state index in [1.807, 2.05) is 36.4 Å². The topological polar surface area (TPSA) is 50.9 Å². The third kappa shape index (κ3) is 2.51. The summed E-state index contributed by atoms with van der Waals surface area (Å²) in [5.41, 5.74) is 8.85. The molecule has 0 amide bonds. The number of rotatable bonds is 2. The Hall–Kier alpha value is -2.85. The lowest BCUT2D eigenvalue weighted by molar-refractivity contribution is 0.628. The predicted molar refractivity (Wildman–Crippen MR) is 98.4 cm³/mol. The molecule has 3 aromatic carbocycles. The number of halogens is 2. The molecule has 0 radical (unpaired) electrons. The van der Waals surface area contributed by atoms with Gasteiger partial charge in [0.2, 0.25) is 0 Å². The summed E-state index contributed by atoms with van der Waals surface area (Å²) in [7, 11) is 0. The van der Waals surface area contributed by atoms with Crippen molar-refractivity contribution in [3.63, 3.8) is 0 Å². The zero-order valence-corrected chi connectivity index (χ0v) is 13.3. The molecule has 0 aliphatic carbocycles. The minimum atomic E-state index is -0.458. The lowest BCUT2D eigenvalue weighted by Gasteiger charge is -2.13. The highest BCUT2D eigenvalue weighted by molar-refractivity contribution is 6.31. The van der Waals surface area contributed by atoms with Gasteiger partial charge in [0.15, 0.2) is 0 Å². The zero-order chi connectivity index (χ0) is 16.7. The first-order valence-corrected chi connectivity index (χ1v) is 7.79. The Kier molecular flexibility index (Phi) is 3.47. The normalized spacial score (nSPS) is 11.1. The third-order valence-corrected chi connectivity index (χ3v) is 4.24. The Labute approximate surface area is 142 Å². The van der Waals surface area contributed by atoms with Crippen LogP contribution in [-0.4, -0.2) is 4.98 Å². The highest BCUT2D eigenvalue weighted by Gasteiger charge is 2.10. The van der Waals surface area contributed by atoms with Gasteiger partial charge in [-0.15, -0.1) is 0 Å². The molecule has 0 saturated heterocycles.